The molecule has 14 heavy (non-hydrogen) atoms. The molecule has 3 N–H and O–H groups in total. The first-order chi connectivity index (χ1) is 6.83. The van der Waals surface area contributed by atoms with Gasteiger partial charge in [0.05, 0.1) is 19.0 Å². The number of rotatable bonds is 7. The highest BCUT2D eigenvalue weighted by atomic mass is 16.3. The zero-order valence-electron chi connectivity index (χ0n) is 8.13. The van der Waals surface area contributed by atoms with Gasteiger partial charge >= 0.3 is 0 Å². The quantitative estimate of drug-likeness (QED) is 0.504. The Hall–Kier alpha value is -0.910. The summed E-state index contributed by atoms with van der Waals surface area (Å²) in [4.78, 5) is 3.93. The summed E-state index contributed by atoms with van der Waals surface area (Å²) in [7, 11) is 0. The second-order valence-corrected chi connectivity index (χ2v) is 3.19. The summed E-state index contributed by atoms with van der Waals surface area (Å²) < 4.78 is 2.00. The summed E-state index contributed by atoms with van der Waals surface area (Å²) in [5, 5.41) is 20.6. The van der Waals surface area contributed by atoms with Gasteiger partial charge in [0.2, 0.25) is 0 Å². The molecule has 0 aliphatic rings. The van der Waals surface area contributed by atoms with E-state index in [0.29, 0.717) is 6.54 Å². The largest absolute Gasteiger partial charge is 0.394 e. The van der Waals surface area contributed by atoms with Crippen molar-refractivity contribution in [3.05, 3.63) is 18.7 Å². The fraction of sp³-hybridized carbons (Fsp3) is 0.667. The number of hydrogen-bond acceptors (Lipinski definition) is 4. The number of aliphatic hydroxyl groups excluding tert-OH is 2. The zero-order valence-corrected chi connectivity index (χ0v) is 8.13. The van der Waals surface area contributed by atoms with Crippen LogP contribution in [0.4, 0.5) is 0 Å². The summed E-state index contributed by atoms with van der Waals surface area (Å²) in [6.45, 7) is 2.01. The summed E-state index contributed by atoms with van der Waals surface area (Å²) in [5.41, 5.74) is 0. The van der Waals surface area contributed by atoms with E-state index in [9.17, 15) is 0 Å². The number of nitrogens with one attached hydrogen (secondary N) is 1. The highest BCUT2D eigenvalue weighted by Crippen LogP contribution is 1.89. The third-order valence-electron chi connectivity index (χ3n) is 1.92. The number of aliphatic hydroxyl groups is 2. The van der Waals surface area contributed by atoms with Crippen LogP contribution in [0.15, 0.2) is 18.7 Å². The fourth-order valence-electron chi connectivity index (χ4n) is 1.14. The van der Waals surface area contributed by atoms with Crippen LogP contribution in [0.25, 0.3) is 0 Å². The smallest absolute Gasteiger partial charge is 0.0945 e. The average Bonchev–Trinajstić information content (AvgIpc) is 2.69. The van der Waals surface area contributed by atoms with Crippen LogP contribution < -0.4 is 5.32 Å². The Kier molecular flexibility index (Phi) is 5.21. The van der Waals surface area contributed by atoms with Crippen molar-refractivity contribution in [1.29, 1.82) is 0 Å². The van der Waals surface area contributed by atoms with E-state index in [1.807, 2.05) is 10.8 Å². The molecule has 1 rings (SSSR count). The van der Waals surface area contributed by atoms with E-state index in [0.717, 1.165) is 19.5 Å². The van der Waals surface area contributed by atoms with Gasteiger partial charge in [-0.2, -0.15) is 0 Å². The molecule has 1 unspecified atom stereocenters. The first-order valence-electron chi connectivity index (χ1n) is 4.78. The first-order valence-corrected chi connectivity index (χ1v) is 4.78. The van der Waals surface area contributed by atoms with Crippen LogP contribution in [0, 0.1) is 0 Å². The third-order valence-corrected chi connectivity index (χ3v) is 1.92. The predicted octanol–water partition coefficient (Wildman–Crippen LogP) is -0.784. The number of nitrogens with zero attached hydrogens (tertiary/aromatic N) is 2. The van der Waals surface area contributed by atoms with Crippen molar-refractivity contribution >= 4 is 0 Å². The van der Waals surface area contributed by atoms with Crippen LogP contribution >= 0.6 is 0 Å². The van der Waals surface area contributed by atoms with Crippen LogP contribution in [0.5, 0.6) is 0 Å². The Morgan fingerprint density at radius 2 is 2.36 bits per heavy atom. The molecule has 1 heterocycles. The minimum absolute atomic E-state index is 0.186. The molecular formula is C9H17N3O2. The van der Waals surface area contributed by atoms with Crippen molar-refractivity contribution in [3.8, 4) is 0 Å². The molecule has 0 aliphatic heterocycles. The molecule has 1 atom stereocenters. The molecule has 0 saturated heterocycles. The molecule has 80 valence electrons. The van der Waals surface area contributed by atoms with Gasteiger partial charge < -0.3 is 20.1 Å². The summed E-state index contributed by atoms with van der Waals surface area (Å²) in [6.07, 6.45) is 5.78. The number of aryl methyl sites for hydroxylation is 1. The van der Waals surface area contributed by atoms with Crippen molar-refractivity contribution in [2.24, 2.45) is 0 Å². The van der Waals surface area contributed by atoms with E-state index in [4.69, 9.17) is 10.2 Å². The van der Waals surface area contributed by atoms with Gasteiger partial charge in [-0.15, -0.1) is 0 Å². The molecule has 0 aliphatic carbocycles. The van der Waals surface area contributed by atoms with Crippen LogP contribution in [0.2, 0.25) is 0 Å². The molecule has 5 nitrogen and oxygen atoms in total. The van der Waals surface area contributed by atoms with Gasteiger partial charge in [0, 0.05) is 25.5 Å². The molecule has 5 heteroatoms. The molecular weight excluding hydrogens is 182 g/mol. The molecule has 0 amide bonds. The second kappa shape index (κ2) is 6.53. The molecule has 0 fully saturated rings. The first kappa shape index (κ1) is 11.2. The molecule has 0 bridgehead atoms. The van der Waals surface area contributed by atoms with E-state index in [1.54, 1.807) is 12.5 Å². The Morgan fingerprint density at radius 3 is 3.00 bits per heavy atom. The van der Waals surface area contributed by atoms with Gasteiger partial charge in [0.15, 0.2) is 0 Å². The van der Waals surface area contributed by atoms with Gasteiger partial charge in [-0.25, -0.2) is 4.98 Å². The molecule has 0 aromatic carbocycles. The monoisotopic (exact) mass is 199 g/mol. The lowest BCUT2D eigenvalue weighted by molar-refractivity contribution is 0.0945. The van der Waals surface area contributed by atoms with Crippen molar-refractivity contribution in [2.75, 3.05) is 19.7 Å². The van der Waals surface area contributed by atoms with Crippen molar-refractivity contribution in [1.82, 2.24) is 14.9 Å². The van der Waals surface area contributed by atoms with E-state index in [-0.39, 0.29) is 6.61 Å². The van der Waals surface area contributed by atoms with Crippen molar-refractivity contribution in [3.63, 3.8) is 0 Å². The van der Waals surface area contributed by atoms with Crippen LogP contribution in [-0.4, -0.2) is 45.6 Å². The summed E-state index contributed by atoms with van der Waals surface area (Å²) >= 11 is 0. The van der Waals surface area contributed by atoms with E-state index >= 15 is 0 Å². The number of hydrogen-bond donors (Lipinski definition) is 3. The maximum atomic E-state index is 9.01. The van der Waals surface area contributed by atoms with Crippen molar-refractivity contribution < 1.29 is 10.2 Å². The Morgan fingerprint density at radius 1 is 1.50 bits per heavy atom. The van der Waals surface area contributed by atoms with Gasteiger partial charge in [-0.1, -0.05) is 0 Å². The normalized spacial score (nSPS) is 13.0. The standard InChI is InChI=1S/C9H17N3O2/c13-7-9(14)6-10-2-1-4-12-5-3-11-8-12/h3,5,8-10,13-14H,1-2,4,6-7H2. The van der Waals surface area contributed by atoms with Crippen LogP contribution in [0.1, 0.15) is 6.42 Å². The van der Waals surface area contributed by atoms with Crippen molar-refractivity contribution in [2.45, 2.75) is 19.1 Å². The van der Waals surface area contributed by atoms with Gasteiger partial charge in [-0.05, 0) is 13.0 Å². The second-order valence-electron chi connectivity index (χ2n) is 3.19. The SMILES string of the molecule is OCC(O)CNCCCn1ccnc1. The lowest BCUT2D eigenvalue weighted by Crippen LogP contribution is -2.30. The average molecular weight is 199 g/mol. The minimum Gasteiger partial charge on any atom is -0.394 e. The van der Waals surface area contributed by atoms with Gasteiger partial charge in [0.25, 0.3) is 0 Å². The van der Waals surface area contributed by atoms with Gasteiger partial charge in [-0.3, -0.25) is 0 Å². The molecule has 0 spiro atoms. The predicted molar refractivity (Wildman–Crippen MR) is 52.8 cm³/mol. The number of imidazole rings is 1. The summed E-state index contributed by atoms with van der Waals surface area (Å²) in [6, 6.07) is 0. The zero-order chi connectivity index (χ0) is 10.2. The molecule has 1 aromatic rings. The summed E-state index contributed by atoms with van der Waals surface area (Å²) in [5.74, 6) is 0. The maximum absolute atomic E-state index is 9.01. The highest BCUT2D eigenvalue weighted by molar-refractivity contribution is 4.73. The van der Waals surface area contributed by atoms with E-state index in [1.165, 1.54) is 0 Å². The van der Waals surface area contributed by atoms with Crippen LogP contribution in [0.3, 0.4) is 0 Å². The maximum Gasteiger partial charge on any atom is 0.0945 e. The Bertz CT molecular complexity index is 226. The van der Waals surface area contributed by atoms with Gasteiger partial charge in [0.1, 0.15) is 0 Å². The number of aromatic nitrogens is 2. The van der Waals surface area contributed by atoms with Crippen LogP contribution in [-0.2, 0) is 6.54 Å². The minimum atomic E-state index is -0.650. The lowest BCUT2D eigenvalue weighted by atomic mass is 10.3. The molecule has 1 aromatic heterocycles. The Balaban J connectivity index is 1.95. The lowest BCUT2D eigenvalue weighted by Gasteiger charge is -2.08. The van der Waals surface area contributed by atoms with E-state index < -0.39 is 6.10 Å². The molecule has 0 saturated carbocycles. The molecule has 0 radical (unpaired) electrons. The Labute approximate surface area is 83.4 Å². The fourth-order valence-corrected chi connectivity index (χ4v) is 1.14. The third kappa shape index (κ3) is 4.36. The topological polar surface area (TPSA) is 70.3 Å². The highest BCUT2D eigenvalue weighted by Gasteiger charge is 1.99. The van der Waals surface area contributed by atoms with E-state index in [2.05, 4.69) is 10.3 Å².